The first kappa shape index (κ1) is 19.2. The fraction of sp³-hybridized carbons (Fsp3) is 0.826. The van der Waals surface area contributed by atoms with E-state index in [2.05, 4.69) is 19.9 Å². The van der Waals surface area contributed by atoms with Crippen molar-refractivity contribution in [3.63, 3.8) is 0 Å². The van der Waals surface area contributed by atoms with Gasteiger partial charge in [-0.25, -0.2) is 0 Å². The highest BCUT2D eigenvalue weighted by Crippen LogP contribution is 2.67. The lowest BCUT2D eigenvalue weighted by Crippen LogP contribution is -2.57. The number of rotatable bonds is 2. The van der Waals surface area contributed by atoms with Crippen molar-refractivity contribution in [3.05, 3.63) is 11.6 Å². The second-order valence-electron chi connectivity index (χ2n) is 10.1. The minimum Gasteiger partial charge on any atom is -0.462 e. The number of esters is 1. The van der Waals surface area contributed by atoms with Gasteiger partial charge in [0.2, 0.25) is 0 Å². The molecule has 4 aliphatic carbocycles. The second kappa shape index (κ2) is 6.17. The van der Waals surface area contributed by atoms with Gasteiger partial charge in [0.05, 0.1) is 0 Å². The van der Waals surface area contributed by atoms with Gasteiger partial charge in [0.1, 0.15) is 11.7 Å². The number of ketones is 1. The van der Waals surface area contributed by atoms with Crippen LogP contribution in [-0.2, 0) is 14.3 Å². The normalized spacial score (nSPS) is 48.7. The second-order valence-corrected chi connectivity index (χ2v) is 10.1. The maximum absolute atomic E-state index is 12.3. The van der Waals surface area contributed by atoms with Crippen molar-refractivity contribution in [2.45, 2.75) is 90.8 Å². The van der Waals surface area contributed by atoms with Crippen molar-refractivity contribution < 1.29 is 19.4 Å². The molecular formula is C23H34O4. The highest BCUT2D eigenvalue weighted by atomic mass is 16.5. The van der Waals surface area contributed by atoms with E-state index in [0.717, 1.165) is 44.9 Å². The lowest BCUT2D eigenvalue weighted by molar-refractivity contribution is -0.160. The molecule has 4 aliphatic rings. The molecule has 0 radical (unpaired) electrons. The molecule has 0 saturated heterocycles. The molecule has 0 unspecified atom stereocenters. The number of fused-ring (bicyclic) bond motifs is 5. The Morgan fingerprint density at radius 3 is 2.44 bits per heavy atom. The van der Waals surface area contributed by atoms with Gasteiger partial charge in [-0.15, -0.1) is 0 Å². The molecule has 0 heterocycles. The van der Waals surface area contributed by atoms with Gasteiger partial charge in [-0.2, -0.15) is 0 Å². The third-order valence-electron chi connectivity index (χ3n) is 9.13. The van der Waals surface area contributed by atoms with Crippen LogP contribution in [0.25, 0.3) is 0 Å². The highest BCUT2D eigenvalue weighted by molar-refractivity contribution is 5.86. The number of ether oxygens (including phenoxy) is 1. The molecular weight excluding hydrogens is 340 g/mol. The fourth-order valence-electron chi connectivity index (χ4n) is 7.56. The van der Waals surface area contributed by atoms with E-state index in [1.54, 1.807) is 6.92 Å². The summed E-state index contributed by atoms with van der Waals surface area (Å²) in [7, 11) is 0. The summed E-state index contributed by atoms with van der Waals surface area (Å²) >= 11 is 0. The van der Waals surface area contributed by atoms with Gasteiger partial charge in [0.25, 0.3) is 0 Å². The Labute approximate surface area is 162 Å². The largest absolute Gasteiger partial charge is 0.462 e. The molecule has 4 rings (SSSR count). The summed E-state index contributed by atoms with van der Waals surface area (Å²) < 4.78 is 5.51. The van der Waals surface area contributed by atoms with Crippen LogP contribution in [0.5, 0.6) is 0 Å². The average Bonchev–Trinajstić information content (AvgIpc) is 2.87. The van der Waals surface area contributed by atoms with E-state index in [0.29, 0.717) is 24.2 Å². The molecule has 4 heteroatoms. The molecule has 0 bridgehead atoms. The molecule has 0 aliphatic heterocycles. The van der Waals surface area contributed by atoms with Crippen LogP contribution in [0.4, 0.5) is 0 Å². The first-order valence-electron chi connectivity index (χ1n) is 10.7. The number of Topliss-reactive ketones (excluding diaryl/α,β-unsaturated/α-hetero) is 1. The molecule has 0 aromatic rings. The summed E-state index contributed by atoms with van der Waals surface area (Å²) in [6.07, 6.45) is 9.96. The van der Waals surface area contributed by atoms with Crippen LogP contribution in [0.3, 0.4) is 0 Å². The first-order valence-corrected chi connectivity index (χ1v) is 10.7. The van der Waals surface area contributed by atoms with Crippen LogP contribution in [0, 0.1) is 28.6 Å². The Morgan fingerprint density at radius 1 is 1.07 bits per heavy atom. The molecule has 0 amide bonds. The van der Waals surface area contributed by atoms with E-state index in [1.165, 1.54) is 12.5 Å². The van der Waals surface area contributed by atoms with E-state index in [9.17, 15) is 14.7 Å². The lowest BCUT2D eigenvalue weighted by atomic mass is 9.47. The van der Waals surface area contributed by atoms with E-state index in [1.807, 2.05) is 0 Å². The summed E-state index contributed by atoms with van der Waals surface area (Å²) in [4.78, 5) is 23.7. The maximum atomic E-state index is 12.3. The SMILES string of the molecule is CC(=O)O[C@H]1CC[C@@]2(C)C(=CC[C@H]3[C@H]2CC[C@@]2(C)[C@@H]3CC[C@@]2(O)C(C)=O)C1. The Kier molecular flexibility index (Phi) is 4.38. The number of carbonyl (C=O) groups is 2. The topological polar surface area (TPSA) is 63.6 Å². The maximum Gasteiger partial charge on any atom is 0.302 e. The van der Waals surface area contributed by atoms with Gasteiger partial charge in [-0.1, -0.05) is 25.5 Å². The number of allylic oxidation sites excluding steroid dienone is 1. The van der Waals surface area contributed by atoms with Crippen LogP contribution >= 0.6 is 0 Å². The van der Waals surface area contributed by atoms with Crippen molar-refractivity contribution in [3.8, 4) is 0 Å². The number of carbonyl (C=O) groups excluding carboxylic acids is 2. The molecule has 4 nitrogen and oxygen atoms in total. The standard InChI is InChI=1S/C23H34O4/c1-14(24)23(26)12-9-20-18-6-5-16-13-17(27-15(2)25)7-10-21(16,3)19(18)8-11-22(20,23)4/h5,17-20,26H,6-13H2,1-4H3/t17-,18-,19+,20+,21-,22-,23+/m0/s1. The zero-order valence-corrected chi connectivity index (χ0v) is 17.2. The minimum atomic E-state index is -1.14. The highest BCUT2D eigenvalue weighted by Gasteiger charge is 2.65. The van der Waals surface area contributed by atoms with E-state index in [-0.39, 0.29) is 28.7 Å². The van der Waals surface area contributed by atoms with Crippen molar-refractivity contribution in [1.82, 2.24) is 0 Å². The van der Waals surface area contributed by atoms with Crippen LogP contribution in [-0.4, -0.2) is 28.6 Å². The van der Waals surface area contributed by atoms with Gasteiger partial charge in [-0.05, 0) is 75.0 Å². The summed E-state index contributed by atoms with van der Waals surface area (Å²) in [5.74, 6) is 1.36. The first-order chi connectivity index (χ1) is 12.6. The van der Waals surface area contributed by atoms with Gasteiger partial charge in [-0.3, -0.25) is 9.59 Å². The molecule has 150 valence electrons. The van der Waals surface area contributed by atoms with Crippen LogP contribution < -0.4 is 0 Å². The van der Waals surface area contributed by atoms with Crippen molar-refractivity contribution in [1.29, 1.82) is 0 Å². The van der Waals surface area contributed by atoms with Gasteiger partial charge < -0.3 is 9.84 Å². The average molecular weight is 375 g/mol. The molecule has 3 saturated carbocycles. The molecule has 1 N–H and O–H groups in total. The van der Waals surface area contributed by atoms with Crippen LogP contribution in [0.15, 0.2) is 11.6 Å². The quantitative estimate of drug-likeness (QED) is 0.581. The van der Waals surface area contributed by atoms with Crippen LogP contribution in [0.1, 0.15) is 79.1 Å². The third kappa shape index (κ3) is 2.58. The Balaban J connectivity index is 1.61. The Morgan fingerprint density at radius 2 is 1.78 bits per heavy atom. The van der Waals surface area contributed by atoms with E-state index in [4.69, 9.17) is 4.74 Å². The number of aliphatic hydroxyl groups is 1. The van der Waals surface area contributed by atoms with Crippen molar-refractivity contribution >= 4 is 11.8 Å². The van der Waals surface area contributed by atoms with E-state index < -0.39 is 5.60 Å². The number of hydrogen-bond donors (Lipinski definition) is 1. The summed E-state index contributed by atoms with van der Waals surface area (Å²) in [6.45, 7) is 7.64. The lowest BCUT2D eigenvalue weighted by Gasteiger charge is -2.58. The van der Waals surface area contributed by atoms with Gasteiger partial charge in [0, 0.05) is 18.8 Å². The van der Waals surface area contributed by atoms with Crippen molar-refractivity contribution in [2.75, 3.05) is 0 Å². The molecule has 0 spiro atoms. The molecule has 0 aromatic heterocycles. The smallest absolute Gasteiger partial charge is 0.302 e. The predicted octanol–water partition coefficient (Wildman–Crippen LogP) is 4.20. The fourth-order valence-corrected chi connectivity index (χ4v) is 7.56. The molecule has 27 heavy (non-hydrogen) atoms. The monoisotopic (exact) mass is 374 g/mol. The Bertz CT molecular complexity index is 696. The number of hydrogen-bond acceptors (Lipinski definition) is 4. The minimum absolute atomic E-state index is 0.0292. The Hall–Kier alpha value is -1.16. The summed E-state index contributed by atoms with van der Waals surface area (Å²) in [6, 6.07) is 0. The zero-order chi connectivity index (χ0) is 19.6. The van der Waals surface area contributed by atoms with Gasteiger partial charge in [0.15, 0.2) is 5.78 Å². The molecule has 3 fully saturated rings. The van der Waals surface area contributed by atoms with Crippen molar-refractivity contribution in [2.24, 2.45) is 28.6 Å². The molecule has 0 aromatic carbocycles. The van der Waals surface area contributed by atoms with Gasteiger partial charge >= 0.3 is 5.97 Å². The zero-order valence-electron chi connectivity index (χ0n) is 17.2. The van der Waals surface area contributed by atoms with E-state index >= 15 is 0 Å². The summed E-state index contributed by atoms with van der Waals surface area (Å²) in [5, 5.41) is 11.2. The molecule has 7 atom stereocenters. The summed E-state index contributed by atoms with van der Waals surface area (Å²) in [5.41, 5.74) is 0.235. The third-order valence-corrected chi connectivity index (χ3v) is 9.13. The van der Waals surface area contributed by atoms with Crippen LogP contribution in [0.2, 0.25) is 0 Å². The predicted molar refractivity (Wildman–Crippen MR) is 103 cm³/mol.